The zero-order valence-electron chi connectivity index (χ0n) is 10.1. The highest BCUT2D eigenvalue weighted by atomic mass is 35.5. The molecule has 2 rings (SSSR count). The molecule has 1 saturated heterocycles. The van der Waals surface area contributed by atoms with E-state index in [-0.39, 0.29) is 23.6 Å². The largest absolute Gasteiger partial charge is 0.374 e. The van der Waals surface area contributed by atoms with E-state index >= 15 is 0 Å². The maximum absolute atomic E-state index is 12.3. The number of alkyl halides is 1. The Morgan fingerprint density at radius 2 is 2.39 bits per heavy atom. The zero-order valence-corrected chi connectivity index (χ0v) is 11.7. The van der Waals surface area contributed by atoms with Crippen molar-refractivity contribution in [2.24, 2.45) is 0 Å². The van der Waals surface area contributed by atoms with Crippen molar-refractivity contribution >= 4 is 21.6 Å². The van der Waals surface area contributed by atoms with Crippen molar-refractivity contribution in [2.45, 2.75) is 24.6 Å². The van der Waals surface area contributed by atoms with Crippen molar-refractivity contribution in [1.82, 2.24) is 13.9 Å². The first-order valence-electron chi connectivity index (χ1n) is 5.77. The number of aromatic nitrogens is 2. The number of hydrogen-bond acceptors (Lipinski definition) is 4. The Kier molecular flexibility index (Phi) is 4.26. The third-order valence-electron chi connectivity index (χ3n) is 2.85. The molecule has 8 heteroatoms. The smallest absolute Gasteiger partial charge is 0.262 e. The first-order chi connectivity index (χ1) is 8.57. The van der Waals surface area contributed by atoms with E-state index in [2.05, 4.69) is 4.98 Å². The van der Waals surface area contributed by atoms with Gasteiger partial charge in [0.15, 0.2) is 5.03 Å². The molecule has 1 fully saturated rings. The molecule has 1 atom stereocenters. The number of imidazole rings is 1. The van der Waals surface area contributed by atoms with Crippen LogP contribution in [0.2, 0.25) is 0 Å². The molecule has 102 valence electrons. The Hall–Kier alpha value is -0.630. The van der Waals surface area contributed by atoms with Crippen LogP contribution in [0.3, 0.4) is 0 Å². The topological polar surface area (TPSA) is 64.4 Å². The summed E-state index contributed by atoms with van der Waals surface area (Å²) >= 11 is 5.70. The van der Waals surface area contributed by atoms with Crippen LogP contribution in [0.15, 0.2) is 17.6 Å². The predicted molar refractivity (Wildman–Crippen MR) is 67.1 cm³/mol. The lowest BCUT2D eigenvalue weighted by atomic mass is 10.3. The fourth-order valence-corrected chi connectivity index (χ4v) is 3.36. The van der Waals surface area contributed by atoms with Gasteiger partial charge in [0.1, 0.15) is 0 Å². The maximum atomic E-state index is 12.3. The lowest BCUT2D eigenvalue weighted by Crippen LogP contribution is -2.46. The molecule has 1 aliphatic rings. The summed E-state index contributed by atoms with van der Waals surface area (Å²) in [4.78, 5) is 3.94. The van der Waals surface area contributed by atoms with Crippen molar-refractivity contribution in [3.8, 4) is 0 Å². The van der Waals surface area contributed by atoms with Crippen molar-refractivity contribution < 1.29 is 13.2 Å². The van der Waals surface area contributed by atoms with E-state index in [1.54, 1.807) is 10.8 Å². The van der Waals surface area contributed by atoms with E-state index in [4.69, 9.17) is 16.3 Å². The van der Waals surface area contributed by atoms with Gasteiger partial charge >= 0.3 is 0 Å². The molecule has 6 nitrogen and oxygen atoms in total. The monoisotopic (exact) mass is 293 g/mol. The van der Waals surface area contributed by atoms with Gasteiger partial charge in [-0.1, -0.05) is 0 Å². The minimum atomic E-state index is -3.53. The molecular weight excluding hydrogens is 278 g/mol. The van der Waals surface area contributed by atoms with E-state index in [1.807, 2.05) is 6.92 Å². The van der Waals surface area contributed by atoms with Gasteiger partial charge in [-0.05, 0) is 6.92 Å². The molecule has 0 bridgehead atoms. The molecule has 0 spiro atoms. The molecular formula is C10H16ClN3O3S. The first-order valence-corrected chi connectivity index (χ1v) is 7.75. The molecule has 0 aromatic carbocycles. The highest BCUT2D eigenvalue weighted by molar-refractivity contribution is 7.89. The van der Waals surface area contributed by atoms with Crippen molar-refractivity contribution in [3.63, 3.8) is 0 Å². The summed E-state index contributed by atoms with van der Waals surface area (Å²) in [5.74, 6) is 0.287. The maximum Gasteiger partial charge on any atom is 0.262 e. The van der Waals surface area contributed by atoms with Crippen LogP contribution < -0.4 is 0 Å². The molecule has 2 heterocycles. The number of hydrogen-bond donors (Lipinski definition) is 0. The fourth-order valence-electron chi connectivity index (χ4n) is 1.78. The lowest BCUT2D eigenvalue weighted by Gasteiger charge is -2.30. The summed E-state index contributed by atoms with van der Waals surface area (Å²) < 4.78 is 33.1. The van der Waals surface area contributed by atoms with Gasteiger partial charge < -0.3 is 9.30 Å². The summed E-state index contributed by atoms with van der Waals surface area (Å²) in [6.07, 6.45) is 2.82. The Bertz CT molecular complexity index is 502. The zero-order chi connectivity index (χ0) is 13.2. The van der Waals surface area contributed by atoms with Gasteiger partial charge in [-0.3, -0.25) is 0 Å². The molecule has 0 amide bonds. The van der Waals surface area contributed by atoms with E-state index in [0.29, 0.717) is 19.7 Å². The number of morpholine rings is 1. The molecule has 1 unspecified atom stereocenters. The number of sulfonamides is 1. The van der Waals surface area contributed by atoms with Crippen LogP contribution in [0.1, 0.15) is 6.92 Å². The molecule has 1 aliphatic heterocycles. The second kappa shape index (κ2) is 5.56. The van der Waals surface area contributed by atoms with Gasteiger partial charge in [-0.25, -0.2) is 13.4 Å². The number of nitrogens with zero attached hydrogens (tertiary/aromatic N) is 3. The number of ether oxygens (including phenoxy) is 1. The summed E-state index contributed by atoms with van der Waals surface area (Å²) in [7, 11) is -3.53. The average molecular weight is 294 g/mol. The van der Waals surface area contributed by atoms with Crippen LogP contribution in [0.5, 0.6) is 0 Å². The second-order valence-corrected chi connectivity index (χ2v) is 6.25. The average Bonchev–Trinajstić information content (AvgIpc) is 2.88. The van der Waals surface area contributed by atoms with Crippen LogP contribution in [-0.4, -0.2) is 54.0 Å². The highest BCUT2D eigenvalue weighted by Gasteiger charge is 2.31. The fraction of sp³-hybridized carbons (Fsp3) is 0.700. The van der Waals surface area contributed by atoms with E-state index in [1.165, 1.54) is 10.6 Å². The van der Waals surface area contributed by atoms with Crippen LogP contribution in [0.25, 0.3) is 0 Å². The van der Waals surface area contributed by atoms with E-state index < -0.39 is 10.0 Å². The van der Waals surface area contributed by atoms with Crippen LogP contribution >= 0.6 is 11.6 Å². The molecule has 1 aromatic rings. The summed E-state index contributed by atoms with van der Waals surface area (Å²) in [5, 5.41) is 0.0829. The molecule has 0 radical (unpaired) electrons. The Morgan fingerprint density at radius 3 is 3.00 bits per heavy atom. The molecule has 1 aromatic heterocycles. The third kappa shape index (κ3) is 2.69. The lowest BCUT2D eigenvalue weighted by molar-refractivity contribution is 0.0121. The molecule has 0 saturated carbocycles. The van der Waals surface area contributed by atoms with Crippen molar-refractivity contribution in [1.29, 1.82) is 0 Å². The van der Waals surface area contributed by atoms with Crippen molar-refractivity contribution in [3.05, 3.63) is 12.5 Å². The first kappa shape index (κ1) is 13.8. The Labute approximate surface area is 112 Å². The summed E-state index contributed by atoms with van der Waals surface area (Å²) in [6, 6.07) is 0. The highest BCUT2D eigenvalue weighted by Crippen LogP contribution is 2.17. The van der Waals surface area contributed by atoms with Gasteiger partial charge in [-0.2, -0.15) is 4.31 Å². The number of rotatable bonds is 4. The van der Waals surface area contributed by atoms with Gasteiger partial charge in [-0.15, -0.1) is 11.6 Å². The standard InChI is InChI=1S/C10H16ClN3O3S/c1-2-13-7-10(12-8-13)18(15,16)14-3-4-17-9(5-11)6-14/h7-9H,2-6H2,1H3. The quantitative estimate of drug-likeness (QED) is 0.760. The van der Waals surface area contributed by atoms with Crippen molar-refractivity contribution in [2.75, 3.05) is 25.6 Å². The van der Waals surface area contributed by atoms with Crippen LogP contribution in [-0.2, 0) is 21.3 Å². The second-order valence-electron chi connectivity index (χ2n) is 4.05. The molecule has 0 N–H and O–H groups in total. The Balaban J connectivity index is 2.19. The van der Waals surface area contributed by atoms with Gasteiger partial charge in [0.25, 0.3) is 10.0 Å². The third-order valence-corrected chi connectivity index (χ3v) is 4.95. The predicted octanol–water partition coefficient (Wildman–Crippen LogP) is 0.531. The SMILES string of the molecule is CCn1cnc(S(=O)(=O)N2CCOC(CCl)C2)c1. The van der Waals surface area contributed by atoms with Gasteiger partial charge in [0.05, 0.1) is 19.0 Å². The van der Waals surface area contributed by atoms with Gasteiger partial charge in [0, 0.05) is 31.7 Å². The Morgan fingerprint density at radius 1 is 1.61 bits per heavy atom. The number of aryl methyl sites for hydroxylation is 1. The summed E-state index contributed by atoms with van der Waals surface area (Å²) in [6.45, 7) is 3.61. The molecule has 0 aliphatic carbocycles. The minimum Gasteiger partial charge on any atom is -0.374 e. The van der Waals surface area contributed by atoms with Crippen LogP contribution in [0.4, 0.5) is 0 Å². The minimum absolute atomic E-state index is 0.0829. The number of halogens is 1. The summed E-state index contributed by atoms with van der Waals surface area (Å²) in [5.41, 5.74) is 0. The molecule has 18 heavy (non-hydrogen) atoms. The van der Waals surface area contributed by atoms with E-state index in [0.717, 1.165) is 0 Å². The van der Waals surface area contributed by atoms with E-state index in [9.17, 15) is 8.42 Å². The van der Waals surface area contributed by atoms with Gasteiger partial charge in [0.2, 0.25) is 0 Å². The normalized spacial score (nSPS) is 22.2. The van der Waals surface area contributed by atoms with Crippen LogP contribution in [0, 0.1) is 0 Å².